The summed E-state index contributed by atoms with van der Waals surface area (Å²) in [5, 5.41) is 0. The molecule has 5 rings (SSSR count). The van der Waals surface area contributed by atoms with Crippen molar-refractivity contribution < 1.29 is 0 Å². The van der Waals surface area contributed by atoms with E-state index in [0.29, 0.717) is 5.92 Å². The highest BCUT2D eigenvalue weighted by Gasteiger charge is 2.38. The summed E-state index contributed by atoms with van der Waals surface area (Å²) in [6.45, 7) is 6.94. The summed E-state index contributed by atoms with van der Waals surface area (Å²) in [7, 11) is 0. The molecule has 0 saturated heterocycles. The zero-order valence-electron chi connectivity index (χ0n) is 14.0. The van der Waals surface area contributed by atoms with Crippen LogP contribution >= 0.6 is 11.8 Å². The molecule has 2 aromatic heterocycles. The molecule has 0 fully saturated rings. The Morgan fingerprint density at radius 3 is 2.79 bits per heavy atom. The number of hydrogen-bond acceptors (Lipinski definition) is 3. The number of nitrogens with zero attached hydrogens (tertiary/aromatic N) is 2. The molecule has 3 heterocycles. The highest BCUT2D eigenvalue weighted by molar-refractivity contribution is 8.00. The van der Waals surface area contributed by atoms with Gasteiger partial charge in [-0.25, -0.2) is 0 Å². The van der Waals surface area contributed by atoms with Gasteiger partial charge in [0.2, 0.25) is 0 Å². The van der Waals surface area contributed by atoms with Crippen LogP contribution in [0.2, 0.25) is 0 Å². The molecule has 24 heavy (non-hydrogen) atoms. The lowest BCUT2D eigenvalue weighted by atomic mass is 9.83. The Morgan fingerprint density at radius 2 is 1.92 bits per heavy atom. The Hall–Kier alpha value is -2.13. The van der Waals surface area contributed by atoms with Gasteiger partial charge in [0.25, 0.3) is 0 Å². The molecule has 0 radical (unpaired) electrons. The van der Waals surface area contributed by atoms with Gasteiger partial charge in [-0.3, -0.25) is 9.97 Å². The van der Waals surface area contributed by atoms with Crippen molar-refractivity contribution >= 4 is 11.8 Å². The van der Waals surface area contributed by atoms with Gasteiger partial charge in [-0.2, -0.15) is 0 Å². The lowest BCUT2D eigenvalue weighted by Crippen LogP contribution is -2.19. The van der Waals surface area contributed by atoms with Gasteiger partial charge in [-0.1, -0.05) is 25.1 Å². The van der Waals surface area contributed by atoms with E-state index in [9.17, 15) is 0 Å². The van der Waals surface area contributed by atoms with E-state index in [-0.39, 0.29) is 4.75 Å². The molecule has 118 valence electrons. The number of thioether (sulfide) groups is 1. The molecule has 0 bridgehead atoms. The van der Waals surface area contributed by atoms with Crippen molar-refractivity contribution in [2.45, 2.75) is 36.3 Å². The van der Waals surface area contributed by atoms with Crippen LogP contribution in [0.25, 0.3) is 22.4 Å². The monoisotopic (exact) mass is 330 g/mol. The van der Waals surface area contributed by atoms with Gasteiger partial charge in [0.05, 0.1) is 5.69 Å². The van der Waals surface area contributed by atoms with Crippen molar-refractivity contribution in [1.82, 2.24) is 9.97 Å². The van der Waals surface area contributed by atoms with Gasteiger partial charge in [0.1, 0.15) is 0 Å². The molecule has 3 aromatic rings. The first-order chi connectivity index (χ1) is 11.6. The molecule has 0 amide bonds. The first-order valence-electron chi connectivity index (χ1n) is 8.34. The van der Waals surface area contributed by atoms with Crippen LogP contribution in [-0.4, -0.2) is 9.97 Å². The summed E-state index contributed by atoms with van der Waals surface area (Å²) in [6, 6.07) is 11.0. The van der Waals surface area contributed by atoms with Crippen LogP contribution in [0, 0.1) is 0 Å². The second-order valence-corrected chi connectivity index (χ2v) is 8.76. The average molecular weight is 330 g/mol. The molecule has 1 aromatic carbocycles. The van der Waals surface area contributed by atoms with Gasteiger partial charge in [-0.15, -0.1) is 11.8 Å². The fourth-order valence-corrected chi connectivity index (χ4v) is 5.43. The van der Waals surface area contributed by atoms with Crippen LogP contribution in [0.15, 0.2) is 53.8 Å². The first-order valence-corrected chi connectivity index (χ1v) is 9.15. The second kappa shape index (κ2) is 4.70. The maximum Gasteiger partial charge on any atom is 0.0743 e. The average Bonchev–Trinajstić information content (AvgIpc) is 2.88. The summed E-state index contributed by atoms with van der Waals surface area (Å²) < 4.78 is 0.0562. The maximum atomic E-state index is 4.67. The third-order valence-corrected chi connectivity index (χ3v) is 6.61. The van der Waals surface area contributed by atoms with Crippen molar-refractivity contribution in [2.24, 2.45) is 0 Å². The predicted octanol–water partition coefficient (Wildman–Crippen LogP) is 5.62. The largest absolute Gasteiger partial charge is 0.264 e. The van der Waals surface area contributed by atoms with Crippen molar-refractivity contribution in [3.05, 3.63) is 65.6 Å². The summed E-state index contributed by atoms with van der Waals surface area (Å²) in [4.78, 5) is 10.4. The van der Waals surface area contributed by atoms with Crippen molar-refractivity contribution in [3.63, 3.8) is 0 Å². The minimum Gasteiger partial charge on any atom is -0.264 e. The van der Waals surface area contributed by atoms with E-state index in [1.807, 2.05) is 36.4 Å². The Balaban J connectivity index is 1.90. The number of aromatic nitrogens is 2. The molecule has 0 spiro atoms. The number of benzene rings is 1. The molecule has 1 unspecified atom stereocenters. The number of rotatable bonds is 0. The quantitative estimate of drug-likeness (QED) is 0.535. The number of hydrogen-bond donors (Lipinski definition) is 0. The lowest BCUT2D eigenvalue weighted by Gasteiger charge is -2.35. The molecule has 2 nitrogen and oxygen atoms in total. The van der Waals surface area contributed by atoms with Crippen LogP contribution in [0.1, 0.15) is 43.4 Å². The molecule has 0 N–H and O–H groups in total. The molecular weight excluding hydrogens is 312 g/mol. The predicted molar refractivity (Wildman–Crippen MR) is 99.3 cm³/mol. The fourth-order valence-electron chi connectivity index (χ4n) is 4.20. The Bertz CT molecular complexity index is 991. The van der Waals surface area contributed by atoms with Crippen LogP contribution in [-0.2, 0) is 4.75 Å². The normalized spacial score (nSPS) is 19.2. The highest BCUT2D eigenvalue weighted by Crippen LogP contribution is 2.57. The third-order valence-electron chi connectivity index (χ3n) is 5.30. The van der Waals surface area contributed by atoms with Crippen LogP contribution in [0.3, 0.4) is 0 Å². The minimum absolute atomic E-state index is 0.0562. The van der Waals surface area contributed by atoms with Crippen LogP contribution in [0.5, 0.6) is 0 Å². The SMILES string of the molecule is CC1c2cccnc2-c2ccc3c(c21)-c1cnccc1SC3(C)C. The Labute approximate surface area is 146 Å². The first kappa shape index (κ1) is 14.2. The van der Waals surface area contributed by atoms with E-state index in [2.05, 4.69) is 55.0 Å². The minimum atomic E-state index is 0.0562. The van der Waals surface area contributed by atoms with E-state index >= 15 is 0 Å². The molecular formula is C21H18N2S. The number of pyridine rings is 2. The van der Waals surface area contributed by atoms with E-state index in [4.69, 9.17) is 0 Å². The fraction of sp³-hybridized carbons (Fsp3) is 0.238. The number of fused-ring (bicyclic) bond motifs is 7. The van der Waals surface area contributed by atoms with Crippen LogP contribution < -0.4 is 0 Å². The Morgan fingerprint density at radius 1 is 1.04 bits per heavy atom. The summed E-state index contributed by atoms with van der Waals surface area (Å²) >= 11 is 1.93. The highest BCUT2D eigenvalue weighted by atomic mass is 32.2. The molecule has 3 heteroatoms. The smallest absolute Gasteiger partial charge is 0.0743 e. The Kier molecular flexibility index (Phi) is 2.79. The van der Waals surface area contributed by atoms with Crippen LogP contribution in [0.4, 0.5) is 0 Å². The zero-order valence-corrected chi connectivity index (χ0v) is 14.8. The molecule has 2 aliphatic rings. The molecule has 0 saturated carbocycles. The van der Waals surface area contributed by atoms with Crippen molar-refractivity contribution in [3.8, 4) is 22.4 Å². The maximum absolute atomic E-state index is 4.67. The van der Waals surface area contributed by atoms with Gasteiger partial charge in [-0.05, 0) is 48.2 Å². The van der Waals surface area contributed by atoms with Crippen molar-refractivity contribution in [1.29, 1.82) is 0 Å². The summed E-state index contributed by atoms with van der Waals surface area (Å²) in [6.07, 6.45) is 5.82. The van der Waals surface area contributed by atoms with Gasteiger partial charge in [0, 0.05) is 45.3 Å². The summed E-state index contributed by atoms with van der Waals surface area (Å²) in [5.41, 5.74) is 9.24. The summed E-state index contributed by atoms with van der Waals surface area (Å²) in [5.74, 6) is 0.366. The van der Waals surface area contributed by atoms with E-state index in [1.165, 1.54) is 38.3 Å². The van der Waals surface area contributed by atoms with E-state index in [0.717, 1.165) is 5.69 Å². The molecule has 1 aliphatic heterocycles. The second-order valence-electron chi connectivity index (χ2n) is 7.10. The van der Waals surface area contributed by atoms with E-state index < -0.39 is 0 Å². The zero-order chi connectivity index (χ0) is 16.5. The topological polar surface area (TPSA) is 25.8 Å². The lowest BCUT2D eigenvalue weighted by molar-refractivity contribution is 0.773. The van der Waals surface area contributed by atoms with Crippen molar-refractivity contribution in [2.75, 3.05) is 0 Å². The standard InChI is InChI=1S/C21H18N2S/c1-12-13-5-4-9-23-20(13)14-6-7-16-19(18(12)14)15-11-22-10-8-17(15)24-21(16,2)3/h4-12H,1-3H3. The molecule has 1 aliphatic carbocycles. The third kappa shape index (κ3) is 1.73. The van der Waals surface area contributed by atoms with E-state index in [1.54, 1.807) is 0 Å². The molecule has 1 atom stereocenters. The van der Waals surface area contributed by atoms with Gasteiger partial charge < -0.3 is 0 Å². The van der Waals surface area contributed by atoms with Gasteiger partial charge in [0.15, 0.2) is 0 Å². The van der Waals surface area contributed by atoms with Gasteiger partial charge >= 0.3 is 0 Å².